The minimum Gasteiger partial charge on any atom is -0.342 e. The van der Waals surface area contributed by atoms with Crippen molar-refractivity contribution in [2.24, 2.45) is 0 Å². The minimum atomic E-state index is -0.116. The first kappa shape index (κ1) is 19.9. The van der Waals surface area contributed by atoms with Crippen LogP contribution in [0.3, 0.4) is 0 Å². The van der Waals surface area contributed by atoms with Crippen LogP contribution in [0.2, 0.25) is 0 Å². The predicted molar refractivity (Wildman–Crippen MR) is 109 cm³/mol. The first-order chi connectivity index (χ1) is 13.4. The molecule has 3 aromatic rings. The van der Waals surface area contributed by atoms with Gasteiger partial charge < -0.3 is 19.8 Å². The molecule has 1 aromatic carbocycles. The van der Waals surface area contributed by atoms with E-state index in [2.05, 4.69) is 60.3 Å². The van der Waals surface area contributed by atoms with Gasteiger partial charge in [0.25, 0.3) is 0 Å². The fourth-order valence-corrected chi connectivity index (χ4v) is 3.16. The van der Waals surface area contributed by atoms with Crippen molar-refractivity contribution in [2.75, 3.05) is 13.6 Å². The summed E-state index contributed by atoms with van der Waals surface area (Å²) in [6.45, 7) is 9.33. The molecule has 2 amide bonds. The second-order valence-corrected chi connectivity index (χ2v) is 7.53. The number of carbonyl (C=O) groups excluding carboxylic acids is 1. The molecule has 0 atom stereocenters. The smallest absolute Gasteiger partial charge is 0.317 e. The summed E-state index contributed by atoms with van der Waals surface area (Å²) in [7, 11) is 1.76. The standard InChI is InChI=1S/C20H29N7O/c1-13(2)27-12-22-25-18(27)11-26(5)20(28)21-10-6-7-17-23-16-9-8-14(3)15(4)19(16)24-17/h8-9,12-13H,6-7,10-11H2,1-5H3,(H,21,28)(H,23,24). The molecule has 0 aliphatic heterocycles. The van der Waals surface area contributed by atoms with Gasteiger partial charge in [0, 0.05) is 26.1 Å². The van der Waals surface area contributed by atoms with Crippen molar-refractivity contribution in [3.63, 3.8) is 0 Å². The molecule has 150 valence electrons. The van der Waals surface area contributed by atoms with Gasteiger partial charge in [0.2, 0.25) is 0 Å². The molecule has 0 unspecified atom stereocenters. The van der Waals surface area contributed by atoms with Gasteiger partial charge in [-0.15, -0.1) is 10.2 Å². The lowest BCUT2D eigenvalue weighted by Crippen LogP contribution is -2.38. The monoisotopic (exact) mass is 383 g/mol. The first-order valence-electron chi connectivity index (χ1n) is 9.69. The fourth-order valence-electron chi connectivity index (χ4n) is 3.16. The third-order valence-corrected chi connectivity index (χ3v) is 5.02. The SMILES string of the molecule is Cc1ccc2[nH]c(CCCNC(=O)N(C)Cc3nncn3C(C)C)nc2c1C. The number of nitrogens with one attached hydrogen (secondary N) is 2. The van der Waals surface area contributed by atoms with E-state index in [1.54, 1.807) is 18.3 Å². The molecule has 0 radical (unpaired) electrons. The zero-order valence-electron chi connectivity index (χ0n) is 17.3. The number of imidazole rings is 1. The zero-order valence-corrected chi connectivity index (χ0v) is 17.3. The second-order valence-electron chi connectivity index (χ2n) is 7.53. The Bertz CT molecular complexity index is 957. The van der Waals surface area contributed by atoms with Crippen LogP contribution in [0.4, 0.5) is 4.79 Å². The number of rotatable bonds is 7. The van der Waals surface area contributed by atoms with Gasteiger partial charge in [-0.3, -0.25) is 0 Å². The summed E-state index contributed by atoms with van der Waals surface area (Å²) in [6, 6.07) is 4.32. The largest absolute Gasteiger partial charge is 0.342 e. The molecule has 0 saturated carbocycles. The van der Waals surface area contributed by atoms with Crippen molar-refractivity contribution < 1.29 is 4.79 Å². The highest BCUT2D eigenvalue weighted by atomic mass is 16.2. The molecule has 8 heteroatoms. The quantitative estimate of drug-likeness (QED) is 0.613. The first-order valence-corrected chi connectivity index (χ1v) is 9.69. The summed E-state index contributed by atoms with van der Waals surface area (Å²) in [4.78, 5) is 22.0. The van der Waals surface area contributed by atoms with Crippen LogP contribution in [0.25, 0.3) is 11.0 Å². The van der Waals surface area contributed by atoms with Crippen molar-refractivity contribution in [3.8, 4) is 0 Å². The molecular formula is C20H29N7O. The third kappa shape index (κ3) is 4.32. The van der Waals surface area contributed by atoms with Crippen LogP contribution in [0.1, 0.15) is 49.1 Å². The normalized spacial score (nSPS) is 11.4. The summed E-state index contributed by atoms with van der Waals surface area (Å²) < 4.78 is 1.97. The van der Waals surface area contributed by atoms with Gasteiger partial charge in [0.15, 0.2) is 5.82 Å². The molecule has 2 aromatic heterocycles. The molecule has 28 heavy (non-hydrogen) atoms. The number of fused-ring (bicyclic) bond motifs is 1. The van der Waals surface area contributed by atoms with Gasteiger partial charge in [-0.1, -0.05) is 6.07 Å². The van der Waals surface area contributed by atoms with Crippen LogP contribution in [-0.4, -0.2) is 49.3 Å². The number of aromatic amines is 1. The van der Waals surface area contributed by atoms with E-state index in [1.807, 2.05) is 4.57 Å². The summed E-state index contributed by atoms with van der Waals surface area (Å²) in [6.07, 6.45) is 3.31. The average molecular weight is 384 g/mol. The van der Waals surface area contributed by atoms with E-state index < -0.39 is 0 Å². The molecule has 2 N–H and O–H groups in total. The Hall–Kier alpha value is -2.90. The van der Waals surface area contributed by atoms with E-state index in [9.17, 15) is 4.79 Å². The molecule has 0 saturated heterocycles. The molecule has 3 rings (SSSR count). The zero-order chi connectivity index (χ0) is 20.3. The molecular weight excluding hydrogens is 354 g/mol. The van der Waals surface area contributed by atoms with E-state index in [0.717, 1.165) is 35.5 Å². The number of carbonyl (C=O) groups is 1. The van der Waals surface area contributed by atoms with Crippen molar-refractivity contribution in [1.82, 2.24) is 34.9 Å². The van der Waals surface area contributed by atoms with E-state index in [1.165, 1.54) is 11.1 Å². The van der Waals surface area contributed by atoms with E-state index in [-0.39, 0.29) is 12.1 Å². The van der Waals surface area contributed by atoms with Crippen molar-refractivity contribution in [2.45, 2.75) is 53.1 Å². The lowest BCUT2D eigenvalue weighted by Gasteiger charge is -2.19. The van der Waals surface area contributed by atoms with Gasteiger partial charge in [-0.25, -0.2) is 9.78 Å². The summed E-state index contributed by atoms with van der Waals surface area (Å²) in [5.74, 6) is 1.73. The second kappa shape index (κ2) is 8.41. The lowest BCUT2D eigenvalue weighted by molar-refractivity contribution is 0.204. The maximum atomic E-state index is 12.3. The summed E-state index contributed by atoms with van der Waals surface area (Å²) in [5.41, 5.74) is 4.56. The highest BCUT2D eigenvalue weighted by Gasteiger charge is 2.14. The Morgan fingerprint density at radius 3 is 2.86 bits per heavy atom. The average Bonchev–Trinajstić information content (AvgIpc) is 3.28. The Kier molecular flexibility index (Phi) is 5.96. The van der Waals surface area contributed by atoms with Crippen molar-refractivity contribution in [3.05, 3.63) is 41.2 Å². The number of aromatic nitrogens is 5. The van der Waals surface area contributed by atoms with Crippen LogP contribution in [-0.2, 0) is 13.0 Å². The number of H-pyrrole nitrogens is 1. The van der Waals surface area contributed by atoms with Gasteiger partial charge in [0.05, 0.1) is 17.6 Å². The number of benzene rings is 1. The number of hydrogen-bond acceptors (Lipinski definition) is 4. The van der Waals surface area contributed by atoms with Crippen LogP contribution in [0, 0.1) is 13.8 Å². The van der Waals surface area contributed by atoms with Crippen LogP contribution < -0.4 is 5.32 Å². The van der Waals surface area contributed by atoms with Crippen molar-refractivity contribution in [1.29, 1.82) is 0 Å². The summed E-state index contributed by atoms with van der Waals surface area (Å²) in [5, 5.41) is 11.0. The molecule has 2 heterocycles. The Labute approximate surface area is 165 Å². The minimum absolute atomic E-state index is 0.116. The Balaban J connectivity index is 1.47. The van der Waals surface area contributed by atoms with Gasteiger partial charge in [0.1, 0.15) is 12.2 Å². The molecule has 0 fully saturated rings. The van der Waals surface area contributed by atoms with Crippen molar-refractivity contribution >= 4 is 17.1 Å². The van der Waals surface area contributed by atoms with E-state index >= 15 is 0 Å². The number of amides is 2. The highest BCUT2D eigenvalue weighted by molar-refractivity contribution is 5.79. The third-order valence-electron chi connectivity index (χ3n) is 5.02. The number of urea groups is 1. The Morgan fingerprint density at radius 2 is 2.11 bits per heavy atom. The molecule has 0 aliphatic carbocycles. The fraction of sp³-hybridized carbons (Fsp3) is 0.500. The van der Waals surface area contributed by atoms with Gasteiger partial charge >= 0.3 is 6.03 Å². The number of aryl methyl sites for hydroxylation is 3. The maximum absolute atomic E-state index is 12.3. The lowest BCUT2D eigenvalue weighted by atomic mass is 10.1. The molecule has 0 bridgehead atoms. The highest BCUT2D eigenvalue weighted by Crippen LogP contribution is 2.19. The van der Waals surface area contributed by atoms with E-state index in [4.69, 9.17) is 4.98 Å². The van der Waals surface area contributed by atoms with Gasteiger partial charge in [-0.2, -0.15) is 0 Å². The maximum Gasteiger partial charge on any atom is 0.317 e. The molecule has 8 nitrogen and oxygen atoms in total. The topological polar surface area (TPSA) is 91.7 Å². The van der Waals surface area contributed by atoms with Gasteiger partial charge in [-0.05, 0) is 51.3 Å². The van der Waals surface area contributed by atoms with Crippen LogP contribution in [0.15, 0.2) is 18.5 Å². The Morgan fingerprint density at radius 1 is 1.32 bits per heavy atom. The predicted octanol–water partition coefficient (Wildman–Crippen LogP) is 3.13. The molecule has 0 spiro atoms. The number of hydrogen-bond donors (Lipinski definition) is 2. The van der Waals surface area contributed by atoms with Crippen LogP contribution in [0.5, 0.6) is 0 Å². The van der Waals surface area contributed by atoms with Crippen LogP contribution >= 0.6 is 0 Å². The van der Waals surface area contributed by atoms with E-state index in [0.29, 0.717) is 13.1 Å². The number of nitrogens with zero attached hydrogens (tertiary/aromatic N) is 5. The summed E-state index contributed by atoms with van der Waals surface area (Å²) >= 11 is 0. The molecule has 0 aliphatic rings.